The topological polar surface area (TPSA) is 113 Å². The van der Waals surface area contributed by atoms with E-state index in [0.717, 1.165) is 11.3 Å². The van der Waals surface area contributed by atoms with E-state index in [1.54, 1.807) is 36.4 Å². The molecule has 0 aliphatic heterocycles. The lowest BCUT2D eigenvalue weighted by Crippen LogP contribution is -2.48. The first kappa shape index (κ1) is 25.4. The van der Waals surface area contributed by atoms with Crippen LogP contribution < -0.4 is 10.6 Å². The second-order valence-electron chi connectivity index (χ2n) is 7.65. The first-order valence-corrected chi connectivity index (χ1v) is 9.20. The average molecular weight is 529 g/mol. The van der Waals surface area contributed by atoms with Gasteiger partial charge < -0.3 is 20.0 Å². The molecule has 0 aliphatic rings. The highest BCUT2D eigenvalue weighted by atomic mass is 127. The average Bonchev–Trinajstić information content (AvgIpc) is 3.13. The Kier molecular flexibility index (Phi) is 9.76. The molecule has 0 aliphatic carbocycles. The molecular formula is C20H28IN5O4. The summed E-state index contributed by atoms with van der Waals surface area (Å²) < 4.78 is 5.33. The second-order valence-corrected chi connectivity index (χ2v) is 7.65. The van der Waals surface area contributed by atoms with E-state index in [-0.39, 0.29) is 47.7 Å². The summed E-state index contributed by atoms with van der Waals surface area (Å²) in [5, 5.41) is 16.9. The molecule has 2 aromatic rings. The number of aliphatic imine (C=N–C) groups is 1. The number of hydrogen-bond donors (Lipinski definition) is 2. The smallest absolute Gasteiger partial charge is 0.269 e. The van der Waals surface area contributed by atoms with Crippen LogP contribution in [-0.4, -0.2) is 40.8 Å². The monoisotopic (exact) mass is 529 g/mol. The molecule has 1 heterocycles. The van der Waals surface area contributed by atoms with Gasteiger partial charge in [0.05, 0.1) is 30.8 Å². The molecule has 0 saturated carbocycles. The summed E-state index contributed by atoms with van der Waals surface area (Å²) >= 11 is 0. The number of likely N-dealkylation sites (N-methyl/N-ethyl adjacent to an activating group) is 1. The van der Waals surface area contributed by atoms with Crippen molar-refractivity contribution in [3.05, 3.63) is 64.1 Å². The first-order valence-electron chi connectivity index (χ1n) is 9.20. The summed E-state index contributed by atoms with van der Waals surface area (Å²) in [5.74, 6) is 1.13. The van der Waals surface area contributed by atoms with Crippen molar-refractivity contribution in [1.82, 2.24) is 15.5 Å². The van der Waals surface area contributed by atoms with E-state index in [9.17, 15) is 14.9 Å². The van der Waals surface area contributed by atoms with Crippen molar-refractivity contribution in [3.8, 4) is 0 Å². The number of nitro benzene ring substituents is 1. The van der Waals surface area contributed by atoms with Crippen molar-refractivity contribution in [2.75, 3.05) is 13.6 Å². The zero-order valence-electron chi connectivity index (χ0n) is 17.5. The Bertz CT molecular complexity index is 845. The molecule has 9 nitrogen and oxygen atoms in total. The van der Waals surface area contributed by atoms with Crippen molar-refractivity contribution in [3.63, 3.8) is 0 Å². The lowest BCUT2D eigenvalue weighted by atomic mass is 10.1. The molecule has 1 aromatic heterocycles. The van der Waals surface area contributed by atoms with Crippen molar-refractivity contribution < 1.29 is 14.1 Å². The predicted octanol–water partition coefficient (Wildman–Crippen LogP) is 3.30. The minimum absolute atomic E-state index is 0. The van der Waals surface area contributed by atoms with Crippen LogP contribution >= 0.6 is 24.0 Å². The van der Waals surface area contributed by atoms with Crippen LogP contribution in [0, 0.1) is 10.1 Å². The summed E-state index contributed by atoms with van der Waals surface area (Å²) in [5.41, 5.74) is 0.528. The molecule has 0 saturated heterocycles. The molecule has 1 aromatic carbocycles. The fourth-order valence-electron chi connectivity index (χ4n) is 2.53. The van der Waals surface area contributed by atoms with E-state index in [0.29, 0.717) is 19.0 Å². The zero-order chi connectivity index (χ0) is 21.4. The number of non-ortho nitro benzene ring substituents is 1. The van der Waals surface area contributed by atoms with E-state index in [1.807, 2.05) is 26.8 Å². The normalized spacial score (nSPS) is 11.4. The van der Waals surface area contributed by atoms with E-state index < -0.39 is 4.92 Å². The molecule has 30 heavy (non-hydrogen) atoms. The number of carbonyl (C=O) groups excluding carboxylic acids is 1. The highest BCUT2D eigenvalue weighted by molar-refractivity contribution is 14.0. The number of nitro groups is 1. The maximum absolute atomic E-state index is 12.3. The number of benzene rings is 1. The van der Waals surface area contributed by atoms with E-state index in [1.165, 1.54) is 12.1 Å². The first-order chi connectivity index (χ1) is 13.6. The molecule has 0 atom stereocenters. The number of furan rings is 1. The zero-order valence-corrected chi connectivity index (χ0v) is 19.9. The Balaban J connectivity index is 0.00000450. The minimum Gasteiger partial charge on any atom is -0.467 e. The van der Waals surface area contributed by atoms with Crippen LogP contribution in [0.15, 0.2) is 52.1 Å². The highest BCUT2D eigenvalue weighted by Crippen LogP contribution is 2.12. The van der Waals surface area contributed by atoms with Gasteiger partial charge in [-0.1, -0.05) is 12.1 Å². The third kappa shape index (κ3) is 8.80. The van der Waals surface area contributed by atoms with Crippen LogP contribution in [0.2, 0.25) is 0 Å². The number of nitrogens with one attached hydrogen (secondary N) is 2. The van der Waals surface area contributed by atoms with Crippen molar-refractivity contribution in [2.24, 2.45) is 4.99 Å². The van der Waals surface area contributed by atoms with Gasteiger partial charge in [0.15, 0.2) is 5.96 Å². The highest BCUT2D eigenvalue weighted by Gasteiger charge is 2.17. The molecule has 10 heteroatoms. The predicted molar refractivity (Wildman–Crippen MR) is 126 cm³/mol. The van der Waals surface area contributed by atoms with Crippen LogP contribution in [0.1, 0.15) is 32.1 Å². The molecule has 0 unspecified atom stereocenters. The maximum atomic E-state index is 12.3. The SMILES string of the molecule is CN(CC(=O)NC(C)(C)C)C(=NCc1ccc([N+](=O)[O-])cc1)NCc1ccco1.I. The van der Waals surface area contributed by atoms with Crippen LogP contribution in [0.4, 0.5) is 5.69 Å². The van der Waals surface area contributed by atoms with Gasteiger partial charge in [0.1, 0.15) is 5.76 Å². The Hall–Kier alpha value is -2.63. The summed E-state index contributed by atoms with van der Waals surface area (Å²) in [4.78, 5) is 28.9. The number of carbonyl (C=O) groups is 1. The van der Waals surface area contributed by atoms with Crippen LogP contribution in [0.3, 0.4) is 0 Å². The molecule has 0 bridgehead atoms. The van der Waals surface area contributed by atoms with E-state index in [4.69, 9.17) is 4.42 Å². The van der Waals surface area contributed by atoms with Crippen LogP contribution in [0.25, 0.3) is 0 Å². The Morgan fingerprint density at radius 1 is 1.23 bits per heavy atom. The number of rotatable bonds is 7. The fourth-order valence-corrected chi connectivity index (χ4v) is 2.53. The number of hydrogen-bond acceptors (Lipinski definition) is 5. The van der Waals surface area contributed by atoms with Crippen molar-refractivity contribution >= 4 is 41.5 Å². The molecule has 164 valence electrons. The van der Waals surface area contributed by atoms with Crippen molar-refractivity contribution in [1.29, 1.82) is 0 Å². The van der Waals surface area contributed by atoms with Gasteiger partial charge in [0.2, 0.25) is 5.91 Å². The number of nitrogens with zero attached hydrogens (tertiary/aromatic N) is 3. The van der Waals surface area contributed by atoms with Gasteiger partial charge in [-0.05, 0) is 38.5 Å². The maximum Gasteiger partial charge on any atom is 0.269 e. The second kappa shape index (κ2) is 11.5. The lowest BCUT2D eigenvalue weighted by Gasteiger charge is -2.25. The quantitative estimate of drug-likeness (QED) is 0.187. The van der Waals surface area contributed by atoms with Crippen LogP contribution in [0.5, 0.6) is 0 Å². The van der Waals surface area contributed by atoms with Crippen molar-refractivity contribution in [2.45, 2.75) is 39.4 Å². The summed E-state index contributed by atoms with van der Waals surface area (Å²) in [6, 6.07) is 9.86. The molecule has 0 fully saturated rings. The third-order valence-electron chi connectivity index (χ3n) is 3.82. The Morgan fingerprint density at radius 2 is 1.90 bits per heavy atom. The van der Waals surface area contributed by atoms with Gasteiger partial charge in [-0.25, -0.2) is 4.99 Å². The van der Waals surface area contributed by atoms with E-state index >= 15 is 0 Å². The van der Waals surface area contributed by atoms with Gasteiger partial charge in [-0.3, -0.25) is 14.9 Å². The molecular weight excluding hydrogens is 501 g/mol. The Morgan fingerprint density at radius 3 is 2.43 bits per heavy atom. The largest absolute Gasteiger partial charge is 0.467 e. The van der Waals surface area contributed by atoms with Gasteiger partial charge in [0, 0.05) is 24.7 Å². The fraction of sp³-hybridized carbons (Fsp3) is 0.400. The standard InChI is InChI=1S/C20H27N5O4.HI/c1-20(2,3)23-18(26)14-24(4)19(22-13-17-6-5-11-29-17)21-12-15-7-9-16(10-8-15)25(27)28;/h5-11H,12-14H2,1-4H3,(H,21,22)(H,23,26);1H. The number of amides is 1. The third-order valence-corrected chi connectivity index (χ3v) is 3.82. The molecule has 1 amide bonds. The van der Waals surface area contributed by atoms with Gasteiger partial charge in [-0.15, -0.1) is 24.0 Å². The molecule has 2 N–H and O–H groups in total. The molecule has 2 rings (SSSR count). The molecule has 0 spiro atoms. The number of guanidine groups is 1. The molecule has 0 radical (unpaired) electrons. The number of halogens is 1. The Labute approximate surface area is 193 Å². The van der Waals surface area contributed by atoms with Gasteiger partial charge in [-0.2, -0.15) is 0 Å². The van der Waals surface area contributed by atoms with E-state index in [2.05, 4.69) is 15.6 Å². The summed E-state index contributed by atoms with van der Waals surface area (Å²) in [6.45, 7) is 6.61. The minimum atomic E-state index is -0.439. The lowest BCUT2D eigenvalue weighted by molar-refractivity contribution is -0.384. The summed E-state index contributed by atoms with van der Waals surface area (Å²) in [7, 11) is 1.77. The van der Waals surface area contributed by atoms with Gasteiger partial charge in [0.25, 0.3) is 5.69 Å². The summed E-state index contributed by atoms with van der Waals surface area (Å²) in [6.07, 6.45) is 1.59. The van der Waals surface area contributed by atoms with Gasteiger partial charge >= 0.3 is 0 Å². The van der Waals surface area contributed by atoms with Crippen LogP contribution in [-0.2, 0) is 17.9 Å².